The van der Waals surface area contributed by atoms with Crippen LogP contribution in [0, 0.1) is 5.82 Å². The lowest BCUT2D eigenvalue weighted by Crippen LogP contribution is -2.42. The van der Waals surface area contributed by atoms with Gasteiger partial charge in [-0.2, -0.15) is 0 Å². The Morgan fingerprint density at radius 2 is 1.81 bits per heavy atom. The minimum Gasteiger partial charge on any atom is -0.324 e. The van der Waals surface area contributed by atoms with Crippen molar-refractivity contribution in [3.63, 3.8) is 0 Å². The fourth-order valence-electron chi connectivity index (χ4n) is 3.17. The molecule has 3 rings (SSSR count). The van der Waals surface area contributed by atoms with E-state index >= 15 is 0 Å². The topological polar surface area (TPSA) is 78.5 Å². The third-order valence-electron chi connectivity index (χ3n) is 4.66. The first-order valence-corrected chi connectivity index (χ1v) is 8.63. The molecule has 1 saturated heterocycles. The van der Waals surface area contributed by atoms with Crippen LogP contribution >= 0.6 is 0 Å². The number of aryl methyl sites for hydroxylation is 1. The molecule has 0 spiro atoms. The van der Waals surface area contributed by atoms with Gasteiger partial charge >= 0.3 is 6.03 Å². The van der Waals surface area contributed by atoms with Gasteiger partial charge < -0.3 is 10.6 Å². The van der Waals surface area contributed by atoms with E-state index in [0.717, 1.165) is 16.9 Å². The average molecular weight is 369 g/mol. The second kappa shape index (κ2) is 7.19. The van der Waals surface area contributed by atoms with Gasteiger partial charge in [-0.25, -0.2) is 9.18 Å². The molecule has 6 nitrogen and oxygen atoms in total. The van der Waals surface area contributed by atoms with Crippen molar-refractivity contribution >= 4 is 23.5 Å². The quantitative estimate of drug-likeness (QED) is 0.796. The maximum atomic E-state index is 14.1. The maximum absolute atomic E-state index is 14.1. The van der Waals surface area contributed by atoms with Gasteiger partial charge in [0.2, 0.25) is 5.91 Å². The summed E-state index contributed by atoms with van der Waals surface area (Å²) in [7, 11) is 0. The van der Waals surface area contributed by atoms with Crippen LogP contribution < -0.4 is 10.6 Å². The monoisotopic (exact) mass is 369 g/mol. The first-order chi connectivity index (χ1) is 12.9. The molecule has 1 fully saturated rings. The second-order valence-electron chi connectivity index (χ2n) is 6.49. The zero-order valence-electron chi connectivity index (χ0n) is 15.1. The van der Waals surface area contributed by atoms with Crippen molar-refractivity contribution in [2.75, 3.05) is 11.9 Å². The van der Waals surface area contributed by atoms with Crippen LogP contribution in [0.15, 0.2) is 48.5 Å². The third-order valence-corrected chi connectivity index (χ3v) is 4.66. The molecule has 0 bridgehead atoms. The number of urea groups is 1. The number of nitrogens with one attached hydrogen (secondary N) is 2. The van der Waals surface area contributed by atoms with Crippen LogP contribution in [0.2, 0.25) is 0 Å². The first kappa shape index (κ1) is 18.6. The van der Waals surface area contributed by atoms with Crippen molar-refractivity contribution in [2.24, 2.45) is 0 Å². The van der Waals surface area contributed by atoms with Crippen LogP contribution in [0.3, 0.4) is 0 Å². The van der Waals surface area contributed by atoms with E-state index in [1.807, 2.05) is 19.1 Å². The summed E-state index contributed by atoms with van der Waals surface area (Å²) in [4.78, 5) is 38.3. The van der Waals surface area contributed by atoms with Gasteiger partial charge in [-0.1, -0.05) is 43.3 Å². The molecule has 2 aromatic rings. The Labute approximate surface area is 156 Å². The summed E-state index contributed by atoms with van der Waals surface area (Å²) >= 11 is 0. The number of amides is 4. The molecule has 1 heterocycles. The van der Waals surface area contributed by atoms with Crippen molar-refractivity contribution in [1.29, 1.82) is 0 Å². The predicted molar refractivity (Wildman–Crippen MR) is 98.4 cm³/mol. The maximum Gasteiger partial charge on any atom is 0.325 e. The number of imide groups is 1. The number of rotatable bonds is 5. The van der Waals surface area contributed by atoms with Crippen LogP contribution in [0.4, 0.5) is 14.9 Å². The fourth-order valence-corrected chi connectivity index (χ4v) is 3.17. The Morgan fingerprint density at radius 3 is 2.52 bits per heavy atom. The third kappa shape index (κ3) is 3.40. The largest absolute Gasteiger partial charge is 0.325 e. The number of halogens is 1. The molecular weight excluding hydrogens is 349 g/mol. The predicted octanol–water partition coefficient (Wildman–Crippen LogP) is 2.79. The van der Waals surface area contributed by atoms with Gasteiger partial charge in [-0.15, -0.1) is 0 Å². The summed E-state index contributed by atoms with van der Waals surface area (Å²) in [5, 5.41) is 5.22. The fraction of sp³-hybridized carbons (Fsp3) is 0.250. The number of carbonyl (C=O) groups excluding carboxylic acids is 3. The molecule has 2 N–H and O–H groups in total. The number of para-hydroxylation sites is 1. The standard InChI is InChI=1S/C20H20FN3O3/c1-3-13-8-4-7-11-16(13)22-17(25)12-24-18(26)20(2,23-19(24)27)14-9-5-6-10-15(14)21/h4-11H,3,12H2,1-2H3,(H,22,25)(H,23,27). The van der Waals surface area contributed by atoms with E-state index in [0.29, 0.717) is 5.69 Å². The Hall–Kier alpha value is -3.22. The number of nitrogens with zero attached hydrogens (tertiary/aromatic N) is 1. The molecule has 0 radical (unpaired) electrons. The van der Waals surface area contributed by atoms with Crippen molar-refractivity contribution in [3.05, 3.63) is 65.5 Å². The van der Waals surface area contributed by atoms with Crippen LogP contribution in [0.5, 0.6) is 0 Å². The Bertz CT molecular complexity index is 915. The highest BCUT2D eigenvalue weighted by atomic mass is 19.1. The Kier molecular flexibility index (Phi) is 4.94. The van der Waals surface area contributed by atoms with Gasteiger partial charge in [-0.05, 0) is 31.0 Å². The molecule has 1 unspecified atom stereocenters. The highest BCUT2D eigenvalue weighted by molar-refractivity contribution is 6.10. The van der Waals surface area contributed by atoms with Crippen LogP contribution in [0.1, 0.15) is 25.0 Å². The molecule has 4 amide bonds. The van der Waals surface area contributed by atoms with Gasteiger partial charge in [0.1, 0.15) is 17.9 Å². The second-order valence-corrected chi connectivity index (χ2v) is 6.49. The van der Waals surface area contributed by atoms with Crippen molar-refractivity contribution in [2.45, 2.75) is 25.8 Å². The molecule has 0 saturated carbocycles. The first-order valence-electron chi connectivity index (χ1n) is 8.63. The number of hydrogen-bond donors (Lipinski definition) is 2. The summed E-state index contributed by atoms with van der Waals surface area (Å²) in [5.74, 6) is -1.77. The number of carbonyl (C=O) groups is 3. The number of hydrogen-bond acceptors (Lipinski definition) is 3. The van der Waals surface area contributed by atoms with Crippen molar-refractivity contribution in [1.82, 2.24) is 10.2 Å². The van der Waals surface area contributed by atoms with Gasteiger partial charge in [-0.3, -0.25) is 14.5 Å². The molecule has 7 heteroatoms. The summed E-state index contributed by atoms with van der Waals surface area (Å²) in [6.07, 6.45) is 0.727. The zero-order chi connectivity index (χ0) is 19.6. The smallest absolute Gasteiger partial charge is 0.324 e. The molecule has 1 aliphatic heterocycles. The highest BCUT2D eigenvalue weighted by Gasteiger charge is 2.50. The summed E-state index contributed by atoms with van der Waals surface area (Å²) in [6.45, 7) is 2.94. The highest BCUT2D eigenvalue weighted by Crippen LogP contribution is 2.30. The molecule has 2 aromatic carbocycles. The van der Waals surface area contributed by atoms with E-state index < -0.39 is 35.7 Å². The van der Waals surface area contributed by atoms with E-state index in [-0.39, 0.29) is 5.56 Å². The lowest BCUT2D eigenvalue weighted by molar-refractivity contribution is -0.133. The van der Waals surface area contributed by atoms with E-state index in [1.54, 1.807) is 18.2 Å². The molecule has 140 valence electrons. The zero-order valence-corrected chi connectivity index (χ0v) is 15.1. The normalized spacial score (nSPS) is 19.1. The lowest BCUT2D eigenvalue weighted by atomic mass is 9.91. The van der Waals surface area contributed by atoms with Crippen LogP contribution in [0.25, 0.3) is 0 Å². The Morgan fingerprint density at radius 1 is 1.15 bits per heavy atom. The minimum absolute atomic E-state index is 0.0580. The van der Waals surface area contributed by atoms with E-state index in [2.05, 4.69) is 10.6 Å². The Balaban J connectivity index is 1.78. The van der Waals surface area contributed by atoms with Crippen molar-refractivity contribution in [3.8, 4) is 0 Å². The van der Waals surface area contributed by atoms with Gasteiger partial charge in [0, 0.05) is 11.3 Å². The van der Waals surface area contributed by atoms with Crippen LogP contribution in [-0.2, 0) is 21.5 Å². The van der Waals surface area contributed by atoms with E-state index in [9.17, 15) is 18.8 Å². The summed E-state index contributed by atoms with van der Waals surface area (Å²) in [5.41, 5.74) is 0.0834. The van der Waals surface area contributed by atoms with Gasteiger partial charge in [0.15, 0.2) is 0 Å². The average Bonchev–Trinajstić information content (AvgIpc) is 2.86. The lowest BCUT2D eigenvalue weighted by Gasteiger charge is -2.22. The summed E-state index contributed by atoms with van der Waals surface area (Å²) in [6, 6.07) is 12.3. The number of benzene rings is 2. The molecule has 0 aromatic heterocycles. The number of anilines is 1. The molecular formula is C20H20FN3O3. The summed E-state index contributed by atoms with van der Waals surface area (Å²) < 4.78 is 14.1. The van der Waals surface area contributed by atoms with E-state index in [1.165, 1.54) is 25.1 Å². The minimum atomic E-state index is -1.55. The molecule has 1 aliphatic rings. The molecule has 27 heavy (non-hydrogen) atoms. The van der Waals surface area contributed by atoms with Crippen LogP contribution in [-0.4, -0.2) is 29.3 Å². The van der Waals surface area contributed by atoms with E-state index in [4.69, 9.17) is 0 Å². The van der Waals surface area contributed by atoms with Crippen molar-refractivity contribution < 1.29 is 18.8 Å². The molecule has 1 atom stereocenters. The van der Waals surface area contributed by atoms with Gasteiger partial charge in [0.25, 0.3) is 5.91 Å². The SMILES string of the molecule is CCc1ccccc1NC(=O)CN1C(=O)NC(C)(c2ccccc2F)C1=O. The van der Waals surface area contributed by atoms with Gasteiger partial charge in [0.05, 0.1) is 0 Å². The molecule has 0 aliphatic carbocycles.